The van der Waals surface area contributed by atoms with Crippen LogP contribution in [0.2, 0.25) is 0 Å². The quantitative estimate of drug-likeness (QED) is 0.229. The summed E-state index contributed by atoms with van der Waals surface area (Å²) in [5.41, 5.74) is 3.80. The molecule has 1 aromatic carbocycles. The Morgan fingerprint density at radius 2 is 1.77 bits per heavy atom. The van der Waals surface area contributed by atoms with Crippen molar-refractivity contribution in [1.82, 2.24) is 19.7 Å². The number of aryl methyl sites for hydroxylation is 3. The van der Waals surface area contributed by atoms with Crippen molar-refractivity contribution in [3.8, 4) is 5.69 Å². The molecule has 0 unspecified atom stereocenters. The first kappa shape index (κ1) is 27.5. The summed E-state index contributed by atoms with van der Waals surface area (Å²) in [7, 11) is 0. The van der Waals surface area contributed by atoms with Crippen molar-refractivity contribution in [3.63, 3.8) is 0 Å². The van der Waals surface area contributed by atoms with Gasteiger partial charge in [-0.2, -0.15) is 5.10 Å². The van der Waals surface area contributed by atoms with E-state index < -0.39 is 0 Å². The van der Waals surface area contributed by atoms with Gasteiger partial charge in [0.05, 0.1) is 11.4 Å². The minimum Gasteiger partial charge on any atom is -0.310 e. The zero-order chi connectivity index (χ0) is 28.3. The molecule has 1 aliphatic carbocycles. The number of carbonyl (C=O) groups is 2. The number of urea groups is 1. The third kappa shape index (κ3) is 6.74. The molecule has 1 aliphatic rings. The standard InChI is InChI=1S/C30H35N7O2S/c1-19-8-11-22(12-9-19)37-26(17-24(36-37)30(2,3)4)34-28(39)35-29-32-18-23(40-29)13-10-20-14-15-31-25(16-20)33-27(38)21-6-5-7-21/h8-9,11-12,14-18,21H,5-7,10,13H2,1-4H3,(H,31,33,38)(H2,32,34,35,39). The van der Waals surface area contributed by atoms with Crippen molar-refractivity contribution in [2.75, 3.05) is 16.0 Å². The lowest BCUT2D eigenvalue weighted by atomic mass is 9.85. The number of benzene rings is 1. The van der Waals surface area contributed by atoms with Crippen molar-refractivity contribution in [2.45, 2.75) is 65.2 Å². The molecule has 0 radical (unpaired) electrons. The maximum absolute atomic E-state index is 12.9. The van der Waals surface area contributed by atoms with E-state index in [0.29, 0.717) is 16.8 Å². The largest absolute Gasteiger partial charge is 0.326 e. The second-order valence-electron chi connectivity index (χ2n) is 11.3. The maximum atomic E-state index is 12.9. The van der Waals surface area contributed by atoms with E-state index in [-0.39, 0.29) is 23.3 Å². The van der Waals surface area contributed by atoms with Crippen molar-refractivity contribution < 1.29 is 9.59 Å². The summed E-state index contributed by atoms with van der Waals surface area (Å²) in [4.78, 5) is 34.9. The fourth-order valence-electron chi connectivity index (χ4n) is 4.31. The smallest absolute Gasteiger partial charge is 0.310 e. The van der Waals surface area contributed by atoms with Crippen molar-refractivity contribution in [1.29, 1.82) is 0 Å². The highest BCUT2D eigenvalue weighted by Gasteiger charge is 2.25. The topological polar surface area (TPSA) is 114 Å². The number of carbonyl (C=O) groups excluding carboxylic acids is 2. The number of thiazole rings is 1. The third-order valence-corrected chi connectivity index (χ3v) is 7.96. The van der Waals surface area contributed by atoms with E-state index in [1.54, 1.807) is 17.1 Å². The summed E-state index contributed by atoms with van der Waals surface area (Å²) in [6.07, 6.45) is 8.08. The fourth-order valence-corrected chi connectivity index (χ4v) is 5.12. The van der Waals surface area contributed by atoms with Gasteiger partial charge in [0.2, 0.25) is 5.91 Å². The van der Waals surface area contributed by atoms with Crippen LogP contribution in [-0.2, 0) is 23.1 Å². The average molecular weight is 558 g/mol. The summed E-state index contributed by atoms with van der Waals surface area (Å²) in [5.74, 6) is 1.36. The number of hydrogen-bond acceptors (Lipinski definition) is 6. The number of aromatic nitrogens is 4. The van der Waals surface area contributed by atoms with E-state index in [1.807, 2.05) is 49.4 Å². The van der Waals surface area contributed by atoms with Gasteiger partial charge in [-0.25, -0.2) is 19.4 Å². The van der Waals surface area contributed by atoms with Crippen LogP contribution in [0, 0.1) is 12.8 Å². The molecule has 3 N–H and O–H groups in total. The van der Waals surface area contributed by atoms with Crippen LogP contribution in [0.1, 0.15) is 61.7 Å². The summed E-state index contributed by atoms with van der Waals surface area (Å²) in [5, 5.41) is 14.0. The van der Waals surface area contributed by atoms with Gasteiger partial charge in [0.1, 0.15) is 11.6 Å². The van der Waals surface area contributed by atoms with E-state index >= 15 is 0 Å². The molecule has 9 nitrogen and oxygen atoms in total. The van der Waals surface area contributed by atoms with Crippen molar-refractivity contribution in [2.24, 2.45) is 5.92 Å². The minimum atomic E-state index is -0.379. The van der Waals surface area contributed by atoms with Gasteiger partial charge in [-0.3, -0.25) is 15.4 Å². The molecule has 3 heterocycles. The van der Waals surface area contributed by atoms with E-state index in [0.717, 1.165) is 59.5 Å². The zero-order valence-electron chi connectivity index (χ0n) is 23.3. The number of pyridine rings is 1. The van der Waals surface area contributed by atoms with Gasteiger partial charge in [-0.15, -0.1) is 11.3 Å². The van der Waals surface area contributed by atoms with Crippen LogP contribution >= 0.6 is 11.3 Å². The Bertz CT molecular complexity index is 1500. The lowest BCUT2D eigenvalue weighted by molar-refractivity contribution is -0.122. The van der Waals surface area contributed by atoms with Crippen molar-refractivity contribution in [3.05, 3.63) is 76.6 Å². The summed E-state index contributed by atoms with van der Waals surface area (Å²) in [6, 6.07) is 13.4. The van der Waals surface area contributed by atoms with Crippen LogP contribution in [0.15, 0.2) is 54.9 Å². The van der Waals surface area contributed by atoms with E-state index in [4.69, 9.17) is 5.10 Å². The molecule has 0 spiro atoms. The monoisotopic (exact) mass is 557 g/mol. The number of nitrogens with one attached hydrogen (secondary N) is 3. The molecule has 0 atom stereocenters. The molecule has 4 aromatic rings. The Hall–Kier alpha value is -4.05. The van der Waals surface area contributed by atoms with Gasteiger partial charge >= 0.3 is 6.03 Å². The Morgan fingerprint density at radius 3 is 2.48 bits per heavy atom. The van der Waals surface area contributed by atoms with E-state index in [1.165, 1.54) is 11.3 Å². The molecule has 3 amide bonds. The van der Waals surface area contributed by atoms with Crippen LogP contribution in [0.25, 0.3) is 5.69 Å². The van der Waals surface area contributed by atoms with Gasteiger partial charge in [0.15, 0.2) is 5.13 Å². The Morgan fingerprint density at radius 1 is 1.00 bits per heavy atom. The second-order valence-corrected chi connectivity index (χ2v) is 12.4. The first-order chi connectivity index (χ1) is 19.1. The fraction of sp³-hybridized carbons (Fsp3) is 0.367. The molecule has 1 fully saturated rings. The molecular formula is C30H35N7O2S. The molecule has 10 heteroatoms. The van der Waals surface area contributed by atoms with Crippen LogP contribution in [0.5, 0.6) is 0 Å². The molecule has 0 aliphatic heterocycles. The molecule has 0 saturated heterocycles. The number of amides is 3. The van der Waals surface area contributed by atoms with Gasteiger partial charge in [-0.1, -0.05) is 44.9 Å². The molecule has 3 aromatic heterocycles. The zero-order valence-corrected chi connectivity index (χ0v) is 24.1. The van der Waals surface area contributed by atoms with Gasteiger partial charge in [-0.05, 0) is 62.4 Å². The van der Waals surface area contributed by atoms with Gasteiger partial charge in [0.25, 0.3) is 0 Å². The maximum Gasteiger partial charge on any atom is 0.326 e. The highest BCUT2D eigenvalue weighted by molar-refractivity contribution is 7.15. The van der Waals surface area contributed by atoms with Crippen LogP contribution in [0.4, 0.5) is 21.6 Å². The average Bonchev–Trinajstić information content (AvgIpc) is 3.49. The number of anilines is 3. The Balaban J connectivity index is 1.19. The normalized spacial score (nSPS) is 13.5. The number of nitrogens with zero attached hydrogens (tertiary/aromatic N) is 4. The van der Waals surface area contributed by atoms with E-state index in [9.17, 15) is 9.59 Å². The summed E-state index contributed by atoms with van der Waals surface area (Å²) < 4.78 is 1.75. The highest BCUT2D eigenvalue weighted by Crippen LogP contribution is 2.28. The molecular weight excluding hydrogens is 522 g/mol. The molecule has 1 saturated carbocycles. The van der Waals surface area contributed by atoms with Gasteiger partial charge in [0, 0.05) is 34.7 Å². The second kappa shape index (κ2) is 11.6. The summed E-state index contributed by atoms with van der Waals surface area (Å²) in [6.45, 7) is 8.31. The first-order valence-electron chi connectivity index (χ1n) is 13.6. The van der Waals surface area contributed by atoms with Crippen LogP contribution in [-0.4, -0.2) is 31.7 Å². The first-order valence-corrected chi connectivity index (χ1v) is 14.4. The highest BCUT2D eigenvalue weighted by atomic mass is 32.1. The number of rotatable bonds is 8. The Labute approximate surface area is 238 Å². The minimum absolute atomic E-state index is 0.0592. The lowest BCUT2D eigenvalue weighted by Crippen LogP contribution is -2.28. The molecule has 5 rings (SSSR count). The van der Waals surface area contributed by atoms with E-state index in [2.05, 4.69) is 46.7 Å². The number of hydrogen-bond donors (Lipinski definition) is 3. The molecule has 40 heavy (non-hydrogen) atoms. The Kier molecular flexibility index (Phi) is 7.97. The van der Waals surface area contributed by atoms with Gasteiger partial charge < -0.3 is 5.32 Å². The predicted molar refractivity (Wildman–Crippen MR) is 159 cm³/mol. The SMILES string of the molecule is Cc1ccc(-n2nc(C(C)(C)C)cc2NC(=O)Nc2ncc(CCc3ccnc(NC(=O)C4CCC4)c3)s2)cc1. The van der Waals surface area contributed by atoms with Crippen LogP contribution in [0.3, 0.4) is 0 Å². The van der Waals surface area contributed by atoms with Crippen molar-refractivity contribution >= 4 is 40.0 Å². The lowest BCUT2D eigenvalue weighted by Gasteiger charge is -2.23. The molecule has 0 bridgehead atoms. The summed E-state index contributed by atoms with van der Waals surface area (Å²) >= 11 is 1.44. The third-order valence-electron chi connectivity index (χ3n) is 6.98. The predicted octanol–water partition coefficient (Wildman–Crippen LogP) is 6.50. The van der Waals surface area contributed by atoms with Crippen LogP contribution < -0.4 is 16.0 Å². The molecule has 208 valence electrons.